The number of carbonyl (C=O) groups is 2. The molecule has 20 heavy (non-hydrogen) atoms. The molecule has 2 aliphatic rings. The second-order valence-electron chi connectivity index (χ2n) is 5.45. The van der Waals surface area contributed by atoms with E-state index in [2.05, 4.69) is 9.88 Å². The minimum atomic E-state index is 0.168. The molecule has 0 radical (unpaired) electrons. The van der Waals surface area contributed by atoms with Gasteiger partial charge in [0.25, 0.3) is 0 Å². The number of hydrogen-bond acceptors (Lipinski definition) is 4. The van der Waals surface area contributed by atoms with E-state index in [0.29, 0.717) is 18.6 Å². The topological polar surface area (TPSA) is 53.5 Å². The average Bonchev–Trinajstić information content (AvgIpc) is 2.84. The summed E-state index contributed by atoms with van der Waals surface area (Å²) in [7, 11) is 0. The maximum atomic E-state index is 11.7. The SMILES string of the molecule is CCC(=O)C1CN(c2ccc(N3CCCC3=O)cn2)C1. The molecule has 0 aliphatic carbocycles. The summed E-state index contributed by atoms with van der Waals surface area (Å²) in [5, 5.41) is 0. The number of rotatable bonds is 4. The highest BCUT2D eigenvalue weighted by atomic mass is 16.2. The quantitative estimate of drug-likeness (QED) is 0.836. The van der Waals surface area contributed by atoms with E-state index < -0.39 is 0 Å². The summed E-state index contributed by atoms with van der Waals surface area (Å²) in [5.74, 6) is 1.57. The first-order valence-electron chi connectivity index (χ1n) is 7.23. The zero-order chi connectivity index (χ0) is 14.1. The fraction of sp³-hybridized carbons (Fsp3) is 0.533. The van der Waals surface area contributed by atoms with Crippen molar-refractivity contribution in [3.63, 3.8) is 0 Å². The third-order valence-corrected chi connectivity index (χ3v) is 4.13. The van der Waals surface area contributed by atoms with Gasteiger partial charge < -0.3 is 9.80 Å². The minimum absolute atomic E-state index is 0.168. The number of aromatic nitrogens is 1. The minimum Gasteiger partial charge on any atom is -0.355 e. The molecule has 106 valence electrons. The molecule has 3 heterocycles. The number of carbonyl (C=O) groups excluding carboxylic acids is 2. The highest BCUT2D eigenvalue weighted by Crippen LogP contribution is 2.27. The van der Waals surface area contributed by atoms with Gasteiger partial charge in [0, 0.05) is 32.5 Å². The Kier molecular flexibility index (Phi) is 3.42. The molecular formula is C15H19N3O2. The van der Waals surface area contributed by atoms with E-state index in [1.54, 1.807) is 11.1 Å². The first-order valence-corrected chi connectivity index (χ1v) is 7.23. The van der Waals surface area contributed by atoms with Crippen LogP contribution < -0.4 is 9.80 Å². The van der Waals surface area contributed by atoms with E-state index in [4.69, 9.17) is 0 Å². The van der Waals surface area contributed by atoms with Crippen LogP contribution in [0.25, 0.3) is 0 Å². The van der Waals surface area contributed by atoms with Crippen molar-refractivity contribution in [3.8, 4) is 0 Å². The lowest BCUT2D eigenvalue weighted by Crippen LogP contribution is -2.50. The molecule has 1 aromatic heterocycles. The molecule has 1 amide bonds. The number of ketones is 1. The van der Waals surface area contributed by atoms with Gasteiger partial charge in [-0.25, -0.2) is 4.98 Å². The van der Waals surface area contributed by atoms with Gasteiger partial charge in [0.15, 0.2) is 0 Å². The van der Waals surface area contributed by atoms with Crippen molar-refractivity contribution in [2.24, 2.45) is 5.92 Å². The predicted molar refractivity (Wildman–Crippen MR) is 76.8 cm³/mol. The normalized spacial score (nSPS) is 19.4. The average molecular weight is 273 g/mol. The highest BCUT2D eigenvalue weighted by Gasteiger charge is 2.32. The van der Waals surface area contributed by atoms with Crippen LogP contribution >= 0.6 is 0 Å². The molecule has 0 atom stereocenters. The standard InChI is InChI=1S/C15H19N3O2/c1-2-13(19)11-9-17(10-11)14-6-5-12(8-16-14)18-7-3-4-15(18)20/h5-6,8,11H,2-4,7,9-10H2,1H3. The van der Waals surface area contributed by atoms with Gasteiger partial charge in [0.1, 0.15) is 11.6 Å². The molecule has 2 fully saturated rings. The molecule has 0 saturated carbocycles. The molecule has 0 N–H and O–H groups in total. The summed E-state index contributed by atoms with van der Waals surface area (Å²) in [6, 6.07) is 3.88. The summed E-state index contributed by atoms with van der Waals surface area (Å²) >= 11 is 0. The van der Waals surface area contributed by atoms with Gasteiger partial charge in [0.2, 0.25) is 5.91 Å². The lowest BCUT2D eigenvalue weighted by Gasteiger charge is -2.39. The fourth-order valence-corrected chi connectivity index (χ4v) is 2.80. The Balaban J connectivity index is 1.63. The Labute approximate surface area is 118 Å². The van der Waals surface area contributed by atoms with Crippen LogP contribution in [0.15, 0.2) is 18.3 Å². The summed E-state index contributed by atoms with van der Waals surface area (Å²) in [4.78, 5) is 31.5. The zero-order valence-corrected chi connectivity index (χ0v) is 11.7. The van der Waals surface area contributed by atoms with Crippen LogP contribution in [0.5, 0.6) is 0 Å². The zero-order valence-electron chi connectivity index (χ0n) is 11.7. The van der Waals surface area contributed by atoms with Gasteiger partial charge in [0.05, 0.1) is 17.8 Å². The fourth-order valence-electron chi connectivity index (χ4n) is 2.80. The molecule has 5 nitrogen and oxygen atoms in total. The third kappa shape index (κ3) is 2.28. The van der Waals surface area contributed by atoms with Crippen molar-refractivity contribution in [2.75, 3.05) is 29.4 Å². The predicted octanol–water partition coefficient (Wildman–Crippen LogP) is 1.62. The van der Waals surface area contributed by atoms with Crippen molar-refractivity contribution in [1.82, 2.24) is 4.98 Å². The number of hydrogen-bond donors (Lipinski definition) is 0. The number of nitrogens with zero attached hydrogens (tertiary/aromatic N) is 3. The molecule has 0 bridgehead atoms. The summed E-state index contributed by atoms with van der Waals surface area (Å²) in [6.07, 6.45) is 3.93. The smallest absolute Gasteiger partial charge is 0.227 e. The number of anilines is 2. The largest absolute Gasteiger partial charge is 0.355 e. The number of pyridine rings is 1. The van der Waals surface area contributed by atoms with Crippen molar-refractivity contribution in [2.45, 2.75) is 26.2 Å². The van der Waals surface area contributed by atoms with Crippen LogP contribution in [0.1, 0.15) is 26.2 Å². The third-order valence-electron chi connectivity index (χ3n) is 4.13. The molecule has 1 aromatic rings. The van der Waals surface area contributed by atoms with Gasteiger partial charge in [-0.1, -0.05) is 6.92 Å². The molecule has 5 heteroatoms. The van der Waals surface area contributed by atoms with Crippen LogP contribution in [0, 0.1) is 5.92 Å². The lowest BCUT2D eigenvalue weighted by molar-refractivity contribution is -0.123. The summed E-state index contributed by atoms with van der Waals surface area (Å²) in [6.45, 7) is 4.23. The Morgan fingerprint density at radius 1 is 1.40 bits per heavy atom. The van der Waals surface area contributed by atoms with Crippen LogP contribution in [0.3, 0.4) is 0 Å². The Morgan fingerprint density at radius 2 is 2.20 bits per heavy atom. The van der Waals surface area contributed by atoms with Gasteiger partial charge in [-0.3, -0.25) is 9.59 Å². The maximum Gasteiger partial charge on any atom is 0.227 e. The van der Waals surface area contributed by atoms with Gasteiger partial charge in [-0.05, 0) is 18.6 Å². The van der Waals surface area contributed by atoms with E-state index in [0.717, 1.165) is 37.6 Å². The van der Waals surface area contributed by atoms with Crippen molar-refractivity contribution >= 4 is 23.2 Å². The van der Waals surface area contributed by atoms with Crippen LogP contribution in [-0.4, -0.2) is 36.3 Å². The first-order chi connectivity index (χ1) is 9.69. The molecule has 2 aliphatic heterocycles. The molecule has 0 aromatic carbocycles. The van der Waals surface area contributed by atoms with Crippen molar-refractivity contribution in [1.29, 1.82) is 0 Å². The molecule has 0 spiro atoms. The maximum absolute atomic E-state index is 11.7. The van der Waals surface area contributed by atoms with Crippen molar-refractivity contribution < 1.29 is 9.59 Å². The van der Waals surface area contributed by atoms with Crippen molar-refractivity contribution in [3.05, 3.63) is 18.3 Å². The monoisotopic (exact) mass is 273 g/mol. The lowest BCUT2D eigenvalue weighted by atomic mass is 9.94. The molecule has 0 unspecified atom stereocenters. The number of Topliss-reactive ketones (excluding diaryl/α,β-unsaturated/α-hetero) is 1. The van der Waals surface area contributed by atoms with E-state index in [1.165, 1.54) is 0 Å². The molecule has 3 rings (SSSR count). The molecule has 2 saturated heterocycles. The highest BCUT2D eigenvalue weighted by molar-refractivity contribution is 5.95. The van der Waals surface area contributed by atoms with E-state index in [9.17, 15) is 9.59 Å². The van der Waals surface area contributed by atoms with E-state index in [1.807, 2.05) is 19.1 Å². The summed E-state index contributed by atoms with van der Waals surface area (Å²) in [5.41, 5.74) is 0.873. The Bertz CT molecular complexity index is 520. The van der Waals surface area contributed by atoms with E-state index >= 15 is 0 Å². The first kappa shape index (κ1) is 13.1. The van der Waals surface area contributed by atoms with Gasteiger partial charge in [-0.15, -0.1) is 0 Å². The second-order valence-corrected chi connectivity index (χ2v) is 5.45. The van der Waals surface area contributed by atoms with E-state index in [-0.39, 0.29) is 11.8 Å². The Hall–Kier alpha value is -1.91. The number of amides is 1. The summed E-state index contributed by atoms with van der Waals surface area (Å²) < 4.78 is 0. The van der Waals surface area contributed by atoms with Crippen LogP contribution in [0.4, 0.5) is 11.5 Å². The Morgan fingerprint density at radius 3 is 2.75 bits per heavy atom. The molecular weight excluding hydrogens is 254 g/mol. The van der Waals surface area contributed by atoms with Crippen LogP contribution in [-0.2, 0) is 9.59 Å². The van der Waals surface area contributed by atoms with Gasteiger partial charge >= 0.3 is 0 Å². The van der Waals surface area contributed by atoms with Gasteiger partial charge in [-0.2, -0.15) is 0 Å². The second kappa shape index (κ2) is 5.23. The van der Waals surface area contributed by atoms with Crippen LogP contribution in [0.2, 0.25) is 0 Å².